The van der Waals surface area contributed by atoms with Gasteiger partial charge in [0.25, 0.3) is 11.1 Å². The van der Waals surface area contributed by atoms with E-state index in [4.69, 9.17) is 0 Å². The highest BCUT2D eigenvalue weighted by Crippen LogP contribution is 2.13. The van der Waals surface area contributed by atoms with Crippen LogP contribution in [-0.2, 0) is 0 Å². The lowest BCUT2D eigenvalue weighted by atomic mass is 10.1. The SMILES string of the molecule is O=c1cc(-c2ccc(F)cc2)c(=O)[nH][nH]1. The highest BCUT2D eigenvalue weighted by molar-refractivity contribution is 5.61. The van der Waals surface area contributed by atoms with E-state index in [9.17, 15) is 14.0 Å². The lowest BCUT2D eigenvalue weighted by molar-refractivity contribution is 0.628. The van der Waals surface area contributed by atoms with Crippen molar-refractivity contribution in [3.05, 3.63) is 56.9 Å². The first-order chi connectivity index (χ1) is 7.16. The molecule has 5 heteroatoms. The smallest absolute Gasteiger partial charge is 0.268 e. The van der Waals surface area contributed by atoms with Gasteiger partial charge in [0.1, 0.15) is 5.82 Å². The number of rotatable bonds is 1. The average Bonchev–Trinajstić information content (AvgIpc) is 2.23. The van der Waals surface area contributed by atoms with E-state index in [0.717, 1.165) is 0 Å². The predicted molar refractivity (Wildman–Crippen MR) is 53.1 cm³/mol. The van der Waals surface area contributed by atoms with Crippen molar-refractivity contribution in [3.8, 4) is 11.1 Å². The third-order valence-electron chi connectivity index (χ3n) is 1.97. The zero-order valence-corrected chi connectivity index (χ0v) is 7.58. The summed E-state index contributed by atoms with van der Waals surface area (Å²) in [6, 6.07) is 6.52. The molecule has 76 valence electrons. The molecule has 2 N–H and O–H groups in total. The summed E-state index contributed by atoms with van der Waals surface area (Å²) in [6.45, 7) is 0. The molecule has 0 aliphatic heterocycles. The van der Waals surface area contributed by atoms with Crippen LogP contribution in [0.2, 0.25) is 0 Å². The van der Waals surface area contributed by atoms with Gasteiger partial charge < -0.3 is 0 Å². The fraction of sp³-hybridized carbons (Fsp3) is 0. The van der Waals surface area contributed by atoms with Gasteiger partial charge in [-0.25, -0.2) is 4.39 Å². The monoisotopic (exact) mass is 206 g/mol. The quantitative estimate of drug-likeness (QED) is 0.727. The number of halogens is 1. The standard InChI is InChI=1S/C10H7FN2O2/c11-7-3-1-6(2-4-7)8-5-9(14)12-13-10(8)15/h1-5H,(H,12,14)(H,13,15). The number of aromatic amines is 2. The number of nitrogens with one attached hydrogen (secondary N) is 2. The highest BCUT2D eigenvalue weighted by Gasteiger charge is 2.03. The molecular weight excluding hydrogens is 199 g/mol. The van der Waals surface area contributed by atoms with Crippen LogP contribution in [0, 0.1) is 5.82 Å². The fourth-order valence-corrected chi connectivity index (χ4v) is 1.26. The van der Waals surface area contributed by atoms with E-state index in [-0.39, 0.29) is 11.4 Å². The summed E-state index contributed by atoms with van der Waals surface area (Å²) >= 11 is 0. The molecule has 1 aromatic carbocycles. The van der Waals surface area contributed by atoms with Crippen LogP contribution in [0.25, 0.3) is 11.1 Å². The third kappa shape index (κ3) is 1.85. The molecule has 0 atom stereocenters. The summed E-state index contributed by atoms with van der Waals surface area (Å²) in [7, 11) is 0. The number of aromatic nitrogens is 2. The molecule has 0 aliphatic rings. The van der Waals surface area contributed by atoms with Gasteiger partial charge in [0.05, 0.1) is 5.56 Å². The molecule has 0 saturated carbocycles. The molecule has 0 bridgehead atoms. The van der Waals surface area contributed by atoms with Gasteiger partial charge in [-0.05, 0) is 17.7 Å². The molecule has 0 saturated heterocycles. The second-order valence-electron chi connectivity index (χ2n) is 3.01. The highest BCUT2D eigenvalue weighted by atomic mass is 19.1. The first kappa shape index (κ1) is 9.39. The minimum atomic E-state index is -0.416. The minimum Gasteiger partial charge on any atom is -0.268 e. The maximum absolute atomic E-state index is 12.6. The summed E-state index contributed by atoms with van der Waals surface area (Å²) in [5.41, 5.74) is -0.0994. The fourth-order valence-electron chi connectivity index (χ4n) is 1.26. The van der Waals surface area contributed by atoms with Crippen molar-refractivity contribution in [2.45, 2.75) is 0 Å². The maximum atomic E-state index is 12.6. The van der Waals surface area contributed by atoms with Crippen molar-refractivity contribution < 1.29 is 4.39 Å². The molecule has 0 aliphatic carbocycles. The van der Waals surface area contributed by atoms with Gasteiger partial charge in [-0.3, -0.25) is 19.8 Å². The summed E-state index contributed by atoms with van der Waals surface area (Å²) in [4.78, 5) is 22.3. The van der Waals surface area contributed by atoms with Crippen molar-refractivity contribution in [2.75, 3.05) is 0 Å². The number of benzene rings is 1. The molecule has 1 aromatic heterocycles. The van der Waals surface area contributed by atoms with Gasteiger partial charge in [0.15, 0.2) is 0 Å². The first-order valence-electron chi connectivity index (χ1n) is 4.25. The van der Waals surface area contributed by atoms with Crippen LogP contribution < -0.4 is 11.1 Å². The van der Waals surface area contributed by atoms with Crippen LogP contribution in [0.5, 0.6) is 0 Å². The van der Waals surface area contributed by atoms with Crippen LogP contribution in [0.3, 0.4) is 0 Å². The zero-order chi connectivity index (χ0) is 10.8. The largest absolute Gasteiger partial charge is 0.270 e. The molecule has 15 heavy (non-hydrogen) atoms. The van der Waals surface area contributed by atoms with E-state index in [1.165, 1.54) is 30.3 Å². The van der Waals surface area contributed by atoms with E-state index in [0.29, 0.717) is 5.56 Å². The second kappa shape index (κ2) is 3.53. The van der Waals surface area contributed by atoms with Gasteiger partial charge in [-0.15, -0.1) is 0 Å². The zero-order valence-electron chi connectivity index (χ0n) is 7.58. The van der Waals surface area contributed by atoms with Crippen LogP contribution in [-0.4, -0.2) is 10.2 Å². The van der Waals surface area contributed by atoms with Crippen molar-refractivity contribution in [3.63, 3.8) is 0 Å². The van der Waals surface area contributed by atoms with E-state index in [2.05, 4.69) is 10.2 Å². The number of hydrogen-bond donors (Lipinski definition) is 2. The molecule has 0 fully saturated rings. The number of H-pyrrole nitrogens is 2. The first-order valence-corrected chi connectivity index (χ1v) is 4.25. The maximum Gasteiger partial charge on any atom is 0.270 e. The Balaban J connectivity index is 2.63. The van der Waals surface area contributed by atoms with Gasteiger partial charge in [0.2, 0.25) is 0 Å². The predicted octanol–water partition coefficient (Wildman–Crippen LogP) is 0.869. The molecular formula is C10H7FN2O2. The van der Waals surface area contributed by atoms with Crippen LogP contribution in [0.4, 0.5) is 4.39 Å². The topological polar surface area (TPSA) is 65.7 Å². The van der Waals surface area contributed by atoms with Gasteiger partial charge in [0, 0.05) is 6.07 Å². The summed E-state index contributed by atoms with van der Waals surface area (Å²) < 4.78 is 12.6. The van der Waals surface area contributed by atoms with Crippen molar-refractivity contribution in [1.82, 2.24) is 10.2 Å². The molecule has 4 nitrogen and oxygen atoms in total. The lowest BCUT2D eigenvalue weighted by Gasteiger charge is -1.98. The Labute approximate surface area is 83.4 Å². The molecule has 2 aromatic rings. The molecule has 0 spiro atoms. The molecule has 1 heterocycles. The van der Waals surface area contributed by atoms with Crippen LogP contribution in [0.15, 0.2) is 39.9 Å². The Morgan fingerprint density at radius 2 is 1.67 bits per heavy atom. The summed E-state index contributed by atoms with van der Waals surface area (Å²) in [6.07, 6.45) is 0. The van der Waals surface area contributed by atoms with E-state index < -0.39 is 11.1 Å². The lowest BCUT2D eigenvalue weighted by Crippen LogP contribution is -2.19. The Morgan fingerprint density at radius 1 is 1.00 bits per heavy atom. The second-order valence-corrected chi connectivity index (χ2v) is 3.01. The Bertz CT molecular complexity index is 583. The Hall–Kier alpha value is -2.17. The van der Waals surface area contributed by atoms with Crippen molar-refractivity contribution in [2.24, 2.45) is 0 Å². The minimum absolute atomic E-state index is 0.221. The average molecular weight is 206 g/mol. The van der Waals surface area contributed by atoms with E-state index in [1.807, 2.05) is 0 Å². The normalized spacial score (nSPS) is 10.2. The summed E-state index contributed by atoms with van der Waals surface area (Å²) in [5, 5.41) is 4.35. The molecule has 2 rings (SSSR count). The van der Waals surface area contributed by atoms with Gasteiger partial charge in [-0.2, -0.15) is 0 Å². The van der Waals surface area contributed by atoms with Gasteiger partial charge >= 0.3 is 0 Å². The summed E-state index contributed by atoms with van der Waals surface area (Å²) in [5.74, 6) is -0.389. The van der Waals surface area contributed by atoms with Gasteiger partial charge in [-0.1, -0.05) is 12.1 Å². The van der Waals surface area contributed by atoms with E-state index in [1.54, 1.807) is 0 Å². The van der Waals surface area contributed by atoms with Crippen LogP contribution >= 0.6 is 0 Å². The van der Waals surface area contributed by atoms with E-state index >= 15 is 0 Å². The number of hydrogen-bond acceptors (Lipinski definition) is 2. The molecule has 0 radical (unpaired) electrons. The van der Waals surface area contributed by atoms with Crippen molar-refractivity contribution >= 4 is 0 Å². The molecule has 0 unspecified atom stereocenters. The Morgan fingerprint density at radius 3 is 2.33 bits per heavy atom. The Kier molecular flexibility index (Phi) is 2.21. The van der Waals surface area contributed by atoms with Crippen molar-refractivity contribution in [1.29, 1.82) is 0 Å². The third-order valence-corrected chi connectivity index (χ3v) is 1.97. The van der Waals surface area contributed by atoms with Crippen LogP contribution in [0.1, 0.15) is 0 Å². The molecule has 0 amide bonds.